The SMILES string of the molecule is O=C(c1cnc2c(c1)ncn2Cc1cccnc1)N1CCCCC1CN1CCOCC1. The van der Waals surface area contributed by atoms with Crippen molar-refractivity contribution in [3.8, 4) is 0 Å². The van der Waals surface area contributed by atoms with Crippen LogP contribution in [0.3, 0.4) is 0 Å². The highest BCUT2D eigenvalue weighted by Gasteiger charge is 2.30. The number of fused-ring (bicyclic) bond motifs is 1. The second kappa shape index (κ2) is 9.11. The van der Waals surface area contributed by atoms with Gasteiger partial charge in [-0.1, -0.05) is 6.07 Å². The average molecular weight is 421 g/mol. The lowest BCUT2D eigenvalue weighted by Gasteiger charge is -2.39. The van der Waals surface area contributed by atoms with E-state index in [9.17, 15) is 4.79 Å². The molecule has 8 nitrogen and oxygen atoms in total. The van der Waals surface area contributed by atoms with Gasteiger partial charge in [-0.2, -0.15) is 0 Å². The van der Waals surface area contributed by atoms with Crippen molar-refractivity contribution in [2.75, 3.05) is 39.4 Å². The van der Waals surface area contributed by atoms with Crippen LogP contribution in [0.4, 0.5) is 0 Å². The molecule has 162 valence electrons. The van der Waals surface area contributed by atoms with E-state index in [4.69, 9.17) is 4.74 Å². The van der Waals surface area contributed by atoms with Gasteiger partial charge in [0.2, 0.25) is 0 Å². The van der Waals surface area contributed by atoms with Crippen molar-refractivity contribution in [1.29, 1.82) is 0 Å². The van der Waals surface area contributed by atoms with E-state index in [-0.39, 0.29) is 11.9 Å². The van der Waals surface area contributed by atoms with E-state index in [1.165, 1.54) is 6.42 Å². The first-order chi connectivity index (χ1) is 15.3. The number of piperidine rings is 1. The molecule has 3 aromatic rings. The van der Waals surface area contributed by atoms with Gasteiger partial charge in [0, 0.05) is 50.8 Å². The molecule has 2 fully saturated rings. The number of aromatic nitrogens is 4. The molecule has 0 spiro atoms. The molecular formula is C23H28N6O2. The van der Waals surface area contributed by atoms with Gasteiger partial charge in [-0.05, 0) is 37.0 Å². The number of carbonyl (C=O) groups excluding carboxylic acids is 1. The molecule has 1 amide bonds. The van der Waals surface area contributed by atoms with Crippen molar-refractivity contribution < 1.29 is 9.53 Å². The van der Waals surface area contributed by atoms with Crippen LogP contribution in [0.1, 0.15) is 35.2 Å². The molecule has 0 radical (unpaired) electrons. The molecule has 0 aliphatic carbocycles. The number of pyridine rings is 2. The van der Waals surface area contributed by atoms with E-state index in [1.54, 1.807) is 18.7 Å². The van der Waals surface area contributed by atoms with E-state index in [1.807, 2.05) is 29.0 Å². The molecule has 31 heavy (non-hydrogen) atoms. The van der Waals surface area contributed by atoms with Gasteiger partial charge in [0.25, 0.3) is 5.91 Å². The minimum absolute atomic E-state index is 0.0640. The van der Waals surface area contributed by atoms with Gasteiger partial charge in [-0.3, -0.25) is 14.7 Å². The van der Waals surface area contributed by atoms with Gasteiger partial charge < -0.3 is 14.2 Å². The van der Waals surface area contributed by atoms with Crippen molar-refractivity contribution in [3.63, 3.8) is 0 Å². The molecular weight excluding hydrogens is 392 g/mol. The normalized spacial score (nSPS) is 20.3. The van der Waals surface area contributed by atoms with E-state index in [0.29, 0.717) is 12.1 Å². The van der Waals surface area contributed by atoms with Gasteiger partial charge in [0.1, 0.15) is 5.52 Å². The van der Waals surface area contributed by atoms with Gasteiger partial charge in [-0.25, -0.2) is 9.97 Å². The molecule has 5 rings (SSSR count). The van der Waals surface area contributed by atoms with Gasteiger partial charge in [-0.15, -0.1) is 0 Å². The van der Waals surface area contributed by atoms with Gasteiger partial charge in [0.15, 0.2) is 5.65 Å². The highest BCUT2D eigenvalue weighted by atomic mass is 16.5. The third-order valence-corrected chi connectivity index (χ3v) is 6.24. The molecule has 8 heteroatoms. The predicted octanol–water partition coefficient (Wildman–Crippen LogP) is 2.20. The summed E-state index contributed by atoms with van der Waals surface area (Å²) in [7, 11) is 0. The molecule has 2 saturated heterocycles. The highest BCUT2D eigenvalue weighted by Crippen LogP contribution is 2.22. The Hall–Kier alpha value is -2.84. The Morgan fingerprint density at radius 1 is 1.13 bits per heavy atom. The van der Waals surface area contributed by atoms with Gasteiger partial charge >= 0.3 is 0 Å². The van der Waals surface area contributed by atoms with Crippen LogP contribution in [0.5, 0.6) is 0 Å². The quantitative estimate of drug-likeness (QED) is 0.630. The van der Waals surface area contributed by atoms with Crippen molar-refractivity contribution in [1.82, 2.24) is 29.3 Å². The molecule has 1 unspecified atom stereocenters. The maximum atomic E-state index is 13.4. The molecule has 0 saturated carbocycles. The Balaban J connectivity index is 1.33. The molecule has 2 aliphatic rings. The number of amides is 1. The van der Waals surface area contributed by atoms with E-state index in [2.05, 4.69) is 24.8 Å². The third-order valence-electron chi connectivity index (χ3n) is 6.24. The summed E-state index contributed by atoms with van der Waals surface area (Å²) in [6.45, 7) is 5.83. The lowest BCUT2D eigenvalue weighted by atomic mass is 10.00. The predicted molar refractivity (Wildman–Crippen MR) is 117 cm³/mol. The Bertz CT molecular complexity index is 1030. The summed E-state index contributed by atoms with van der Waals surface area (Å²) in [5.41, 5.74) is 3.23. The summed E-state index contributed by atoms with van der Waals surface area (Å²) in [6, 6.07) is 6.08. The molecule has 1 atom stereocenters. The van der Waals surface area contributed by atoms with Crippen molar-refractivity contribution >= 4 is 17.1 Å². The zero-order valence-corrected chi connectivity index (χ0v) is 17.7. The Morgan fingerprint density at radius 3 is 2.87 bits per heavy atom. The Morgan fingerprint density at radius 2 is 2.03 bits per heavy atom. The Kier molecular flexibility index (Phi) is 5.90. The first-order valence-corrected chi connectivity index (χ1v) is 11.1. The molecule has 0 N–H and O–H groups in total. The van der Waals surface area contributed by atoms with Crippen molar-refractivity contribution in [2.24, 2.45) is 0 Å². The first kappa shape index (κ1) is 20.1. The second-order valence-electron chi connectivity index (χ2n) is 8.36. The Labute approximate surface area is 181 Å². The minimum Gasteiger partial charge on any atom is -0.379 e. The number of ether oxygens (including phenoxy) is 1. The number of carbonyl (C=O) groups is 1. The number of rotatable bonds is 5. The minimum atomic E-state index is 0.0640. The molecule has 0 aromatic carbocycles. The summed E-state index contributed by atoms with van der Waals surface area (Å²) < 4.78 is 7.46. The van der Waals surface area contributed by atoms with Crippen LogP contribution >= 0.6 is 0 Å². The van der Waals surface area contributed by atoms with Crippen LogP contribution in [-0.2, 0) is 11.3 Å². The number of hydrogen-bond acceptors (Lipinski definition) is 6. The van der Waals surface area contributed by atoms with E-state index < -0.39 is 0 Å². The smallest absolute Gasteiger partial charge is 0.255 e. The topological polar surface area (TPSA) is 76.4 Å². The first-order valence-electron chi connectivity index (χ1n) is 11.1. The van der Waals surface area contributed by atoms with E-state index >= 15 is 0 Å². The molecule has 2 aliphatic heterocycles. The second-order valence-corrected chi connectivity index (χ2v) is 8.36. The zero-order valence-electron chi connectivity index (χ0n) is 17.7. The third kappa shape index (κ3) is 4.45. The maximum Gasteiger partial charge on any atom is 0.255 e. The molecule has 5 heterocycles. The van der Waals surface area contributed by atoms with Crippen molar-refractivity contribution in [3.05, 3.63) is 54.2 Å². The van der Waals surface area contributed by atoms with Gasteiger partial charge in [0.05, 0.1) is 31.6 Å². The largest absolute Gasteiger partial charge is 0.379 e. The molecule has 0 bridgehead atoms. The maximum absolute atomic E-state index is 13.4. The summed E-state index contributed by atoms with van der Waals surface area (Å²) in [5.74, 6) is 0.0640. The van der Waals surface area contributed by atoms with Crippen LogP contribution in [0, 0.1) is 0 Å². The summed E-state index contributed by atoms with van der Waals surface area (Å²) in [6.07, 6.45) is 10.4. The molecule has 3 aromatic heterocycles. The average Bonchev–Trinajstić information content (AvgIpc) is 3.22. The van der Waals surface area contributed by atoms with Crippen LogP contribution in [0.2, 0.25) is 0 Å². The van der Waals surface area contributed by atoms with E-state index in [0.717, 1.165) is 69.0 Å². The number of hydrogen-bond donors (Lipinski definition) is 0. The number of nitrogens with zero attached hydrogens (tertiary/aromatic N) is 6. The summed E-state index contributed by atoms with van der Waals surface area (Å²) >= 11 is 0. The highest BCUT2D eigenvalue weighted by molar-refractivity contribution is 5.96. The number of imidazole rings is 1. The van der Waals surface area contributed by atoms with Crippen LogP contribution < -0.4 is 0 Å². The fourth-order valence-corrected chi connectivity index (χ4v) is 4.58. The standard InChI is InChI=1S/C23H28N6O2/c30-23(29-7-2-1-5-20(29)16-27-8-10-31-11-9-27)19-12-21-22(25-14-19)28(17-26-21)15-18-4-3-6-24-13-18/h3-4,6,12-14,17,20H,1-2,5,7-11,15-16H2. The number of morpholine rings is 1. The zero-order chi connectivity index (χ0) is 21.0. The summed E-state index contributed by atoms with van der Waals surface area (Å²) in [4.78, 5) is 31.1. The number of likely N-dealkylation sites (tertiary alicyclic amines) is 1. The van der Waals surface area contributed by atoms with Crippen LogP contribution in [-0.4, -0.2) is 80.7 Å². The van der Waals surface area contributed by atoms with Crippen molar-refractivity contribution in [2.45, 2.75) is 31.8 Å². The monoisotopic (exact) mass is 420 g/mol. The fourth-order valence-electron chi connectivity index (χ4n) is 4.58. The fraction of sp³-hybridized carbons (Fsp3) is 0.478. The lowest BCUT2D eigenvalue weighted by Crippen LogP contribution is -2.51. The summed E-state index contributed by atoms with van der Waals surface area (Å²) in [5, 5.41) is 0. The lowest BCUT2D eigenvalue weighted by molar-refractivity contribution is 0.0166. The van der Waals surface area contributed by atoms with Crippen LogP contribution in [0.15, 0.2) is 43.1 Å². The van der Waals surface area contributed by atoms with Crippen LogP contribution in [0.25, 0.3) is 11.2 Å².